The van der Waals surface area contributed by atoms with Gasteiger partial charge in [-0.25, -0.2) is 4.79 Å². The number of allylic oxidation sites excluding steroid dienone is 1. The normalized spacial score (nSPS) is 12.4. The molecule has 0 aliphatic heterocycles. The van der Waals surface area contributed by atoms with E-state index < -0.39 is 12.1 Å². The average Bonchev–Trinajstić information content (AvgIpc) is 2.45. The average molecular weight is 291 g/mol. The maximum Gasteiger partial charge on any atom is 0.334 e. The summed E-state index contributed by atoms with van der Waals surface area (Å²) in [6.07, 6.45) is 0.546. The van der Waals surface area contributed by atoms with Crippen LogP contribution in [0, 0.1) is 0 Å². The number of carbonyl (C=O) groups is 2. The molecule has 0 aliphatic rings. The Morgan fingerprint density at radius 2 is 1.95 bits per heavy atom. The van der Waals surface area contributed by atoms with Crippen molar-refractivity contribution < 1.29 is 19.1 Å². The predicted molar refractivity (Wildman–Crippen MR) is 79.2 cm³/mol. The van der Waals surface area contributed by atoms with Crippen molar-refractivity contribution in [1.29, 1.82) is 0 Å². The molecule has 1 aromatic carbocycles. The summed E-state index contributed by atoms with van der Waals surface area (Å²) in [6, 6.07) is 9.59. The Bertz CT molecular complexity index is 496. The summed E-state index contributed by atoms with van der Waals surface area (Å²) in [4.78, 5) is 23.1. The summed E-state index contributed by atoms with van der Waals surface area (Å²) in [7, 11) is 0. The zero-order valence-electron chi connectivity index (χ0n) is 12.6. The lowest BCUT2D eigenvalue weighted by atomic mass is 10.2. The van der Waals surface area contributed by atoms with Crippen molar-refractivity contribution in [2.45, 2.75) is 33.4 Å². The van der Waals surface area contributed by atoms with Gasteiger partial charge in [0, 0.05) is 6.54 Å². The number of esters is 1. The third kappa shape index (κ3) is 6.61. The van der Waals surface area contributed by atoms with Crippen LogP contribution in [0.4, 0.5) is 0 Å². The SMILES string of the molecule is CCOC(=O)/C=C(\C)OC(C)C(=O)NCc1ccccc1. The number of nitrogens with one attached hydrogen (secondary N) is 1. The maximum absolute atomic E-state index is 11.9. The van der Waals surface area contributed by atoms with E-state index >= 15 is 0 Å². The number of amides is 1. The third-order valence-corrected chi connectivity index (χ3v) is 2.65. The van der Waals surface area contributed by atoms with Gasteiger partial charge in [0.2, 0.25) is 0 Å². The van der Waals surface area contributed by atoms with Crippen molar-refractivity contribution in [1.82, 2.24) is 5.32 Å². The lowest BCUT2D eigenvalue weighted by molar-refractivity contribution is -0.138. The van der Waals surface area contributed by atoms with Gasteiger partial charge >= 0.3 is 5.97 Å². The van der Waals surface area contributed by atoms with E-state index in [1.165, 1.54) is 6.08 Å². The molecule has 1 atom stereocenters. The minimum Gasteiger partial charge on any atom is -0.485 e. The first-order valence-corrected chi connectivity index (χ1v) is 6.86. The number of hydrogen-bond acceptors (Lipinski definition) is 4. The van der Waals surface area contributed by atoms with E-state index in [4.69, 9.17) is 9.47 Å². The van der Waals surface area contributed by atoms with Gasteiger partial charge in [-0.05, 0) is 26.3 Å². The second kappa shape index (κ2) is 8.79. The van der Waals surface area contributed by atoms with Gasteiger partial charge in [-0.3, -0.25) is 4.79 Å². The van der Waals surface area contributed by atoms with Crippen LogP contribution in [0.2, 0.25) is 0 Å². The lowest BCUT2D eigenvalue weighted by Crippen LogP contribution is -2.33. The van der Waals surface area contributed by atoms with Crippen molar-refractivity contribution >= 4 is 11.9 Å². The first-order valence-electron chi connectivity index (χ1n) is 6.86. The molecular weight excluding hydrogens is 270 g/mol. The molecule has 0 bridgehead atoms. The van der Waals surface area contributed by atoms with Crippen molar-refractivity contribution in [2.75, 3.05) is 6.61 Å². The van der Waals surface area contributed by atoms with Crippen LogP contribution in [0.3, 0.4) is 0 Å². The molecule has 1 unspecified atom stereocenters. The maximum atomic E-state index is 11.9. The number of ether oxygens (including phenoxy) is 2. The highest BCUT2D eigenvalue weighted by Crippen LogP contribution is 2.04. The molecule has 0 saturated heterocycles. The molecule has 0 heterocycles. The minimum absolute atomic E-state index is 0.240. The van der Waals surface area contributed by atoms with Gasteiger partial charge in [-0.15, -0.1) is 0 Å². The largest absolute Gasteiger partial charge is 0.485 e. The fourth-order valence-corrected chi connectivity index (χ4v) is 1.65. The van der Waals surface area contributed by atoms with Crippen LogP contribution in [0.15, 0.2) is 42.2 Å². The van der Waals surface area contributed by atoms with Crippen LogP contribution < -0.4 is 5.32 Å². The summed E-state index contributed by atoms with van der Waals surface area (Å²) in [5.41, 5.74) is 1.01. The van der Waals surface area contributed by atoms with Crippen LogP contribution >= 0.6 is 0 Å². The van der Waals surface area contributed by atoms with Crippen LogP contribution in [0.25, 0.3) is 0 Å². The number of rotatable bonds is 7. The quantitative estimate of drug-likeness (QED) is 0.475. The van der Waals surface area contributed by atoms with Crippen LogP contribution in [0.5, 0.6) is 0 Å². The Hall–Kier alpha value is -2.30. The molecule has 1 amide bonds. The topological polar surface area (TPSA) is 64.6 Å². The zero-order valence-corrected chi connectivity index (χ0v) is 12.6. The van der Waals surface area contributed by atoms with E-state index in [0.29, 0.717) is 18.9 Å². The Morgan fingerprint density at radius 1 is 1.29 bits per heavy atom. The van der Waals surface area contributed by atoms with Crippen LogP contribution in [0.1, 0.15) is 26.3 Å². The summed E-state index contributed by atoms with van der Waals surface area (Å²) < 4.78 is 10.1. The van der Waals surface area contributed by atoms with Gasteiger partial charge in [-0.1, -0.05) is 30.3 Å². The Kier molecular flexibility index (Phi) is 7.01. The van der Waals surface area contributed by atoms with Gasteiger partial charge < -0.3 is 14.8 Å². The molecule has 0 spiro atoms. The first-order chi connectivity index (χ1) is 10.0. The highest BCUT2D eigenvalue weighted by Gasteiger charge is 2.14. The van der Waals surface area contributed by atoms with Crippen molar-refractivity contribution in [2.24, 2.45) is 0 Å². The van der Waals surface area contributed by atoms with Gasteiger partial charge in [0.1, 0.15) is 5.76 Å². The van der Waals surface area contributed by atoms with Crippen molar-refractivity contribution in [3.63, 3.8) is 0 Å². The van der Waals surface area contributed by atoms with Gasteiger partial charge in [-0.2, -0.15) is 0 Å². The molecule has 1 aromatic rings. The molecule has 114 valence electrons. The highest BCUT2D eigenvalue weighted by molar-refractivity contribution is 5.83. The van der Waals surface area contributed by atoms with E-state index in [-0.39, 0.29) is 5.91 Å². The van der Waals surface area contributed by atoms with E-state index in [0.717, 1.165) is 5.56 Å². The molecule has 0 fully saturated rings. The van der Waals surface area contributed by atoms with Gasteiger partial charge in [0.25, 0.3) is 5.91 Å². The fraction of sp³-hybridized carbons (Fsp3) is 0.375. The fourth-order valence-electron chi connectivity index (χ4n) is 1.65. The smallest absolute Gasteiger partial charge is 0.334 e. The number of benzene rings is 1. The van der Waals surface area contributed by atoms with Crippen LogP contribution in [-0.4, -0.2) is 24.6 Å². The first kappa shape index (κ1) is 16.8. The van der Waals surface area contributed by atoms with Gasteiger partial charge in [0.05, 0.1) is 12.7 Å². The van der Waals surface area contributed by atoms with E-state index in [9.17, 15) is 9.59 Å². The molecule has 5 heteroatoms. The van der Waals surface area contributed by atoms with E-state index in [2.05, 4.69) is 5.32 Å². The summed E-state index contributed by atoms with van der Waals surface area (Å²) in [5, 5.41) is 2.78. The molecule has 0 aliphatic carbocycles. The Labute approximate surface area is 124 Å². The number of hydrogen-bond donors (Lipinski definition) is 1. The van der Waals surface area contributed by atoms with Crippen molar-refractivity contribution in [3.8, 4) is 0 Å². The van der Waals surface area contributed by atoms with Gasteiger partial charge in [0.15, 0.2) is 6.10 Å². The molecule has 1 N–H and O–H groups in total. The standard InChI is InChI=1S/C16H21NO4/c1-4-20-15(18)10-12(2)21-13(3)16(19)17-11-14-8-6-5-7-9-14/h5-10,13H,4,11H2,1-3H3,(H,17,19)/b12-10+. The second-order valence-corrected chi connectivity index (χ2v) is 4.47. The zero-order chi connectivity index (χ0) is 15.7. The lowest BCUT2D eigenvalue weighted by Gasteiger charge is -2.15. The number of carbonyl (C=O) groups excluding carboxylic acids is 2. The Morgan fingerprint density at radius 3 is 2.57 bits per heavy atom. The summed E-state index contributed by atoms with van der Waals surface area (Å²) in [5.74, 6) is -0.377. The molecule has 0 radical (unpaired) electrons. The van der Waals surface area contributed by atoms with E-state index in [1.807, 2.05) is 30.3 Å². The summed E-state index contributed by atoms with van der Waals surface area (Å²) in [6.45, 7) is 5.70. The molecule has 5 nitrogen and oxygen atoms in total. The minimum atomic E-state index is -0.681. The third-order valence-electron chi connectivity index (χ3n) is 2.65. The van der Waals surface area contributed by atoms with Crippen molar-refractivity contribution in [3.05, 3.63) is 47.7 Å². The Balaban J connectivity index is 2.42. The molecule has 0 saturated carbocycles. The molecule has 21 heavy (non-hydrogen) atoms. The summed E-state index contributed by atoms with van der Waals surface area (Å²) >= 11 is 0. The molecular formula is C16H21NO4. The predicted octanol–water partition coefficient (Wildman–Crippen LogP) is 2.17. The van der Waals surface area contributed by atoms with Crippen LogP contribution in [-0.2, 0) is 25.6 Å². The highest BCUT2D eigenvalue weighted by atomic mass is 16.5. The molecule has 1 rings (SSSR count). The van der Waals surface area contributed by atoms with E-state index in [1.54, 1.807) is 20.8 Å². The molecule has 0 aromatic heterocycles. The monoisotopic (exact) mass is 291 g/mol. The second-order valence-electron chi connectivity index (χ2n) is 4.47.